The molecule has 1 saturated heterocycles. The number of nitrogens with one attached hydrogen (secondary N) is 1. The third-order valence-electron chi connectivity index (χ3n) is 5.06. The molecule has 0 spiro atoms. The maximum absolute atomic E-state index is 13.3. The lowest BCUT2D eigenvalue weighted by molar-refractivity contribution is -0.116. The topological polar surface area (TPSA) is 75.7 Å². The molecule has 1 fully saturated rings. The van der Waals surface area contributed by atoms with Crippen LogP contribution < -0.4 is 5.32 Å². The number of ether oxygens (including phenoxy) is 1. The maximum Gasteiger partial charge on any atom is 0.243 e. The summed E-state index contributed by atoms with van der Waals surface area (Å²) in [5.41, 5.74) is 2.70. The van der Waals surface area contributed by atoms with Crippen molar-refractivity contribution in [2.24, 2.45) is 0 Å². The van der Waals surface area contributed by atoms with Gasteiger partial charge in [0.05, 0.1) is 17.5 Å². The van der Waals surface area contributed by atoms with Gasteiger partial charge in [-0.2, -0.15) is 4.31 Å². The van der Waals surface area contributed by atoms with Gasteiger partial charge in [-0.05, 0) is 62.1 Å². The highest BCUT2D eigenvalue weighted by Crippen LogP contribution is 2.23. The number of halogens is 1. The fourth-order valence-corrected chi connectivity index (χ4v) is 5.30. The van der Waals surface area contributed by atoms with Gasteiger partial charge in [-0.1, -0.05) is 34.1 Å². The van der Waals surface area contributed by atoms with Gasteiger partial charge in [0.2, 0.25) is 15.9 Å². The van der Waals surface area contributed by atoms with Crippen LogP contribution in [0, 0.1) is 13.8 Å². The average molecular weight is 481 g/mol. The van der Waals surface area contributed by atoms with E-state index in [0.29, 0.717) is 16.8 Å². The summed E-state index contributed by atoms with van der Waals surface area (Å²) < 4.78 is 34.0. The monoisotopic (exact) mass is 480 g/mol. The Balaban J connectivity index is 1.83. The van der Waals surface area contributed by atoms with Gasteiger partial charge in [-0.25, -0.2) is 8.42 Å². The summed E-state index contributed by atoms with van der Waals surface area (Å²) in [5, 5.41) is 2.85. The molecule has 1 N–H and O–H groups in total. The van der Waals surface area contributed by atoms with Gasteiger partial charge in [0.1, 0.15) is 0 Å². The van der Waals surface area contributed by atoms with Crippen LogP contribution in [0.25, 0.3) is 0 Å². The Morgan fingerprint density at radius 1 is 1.24 bits per heavy atom. The summed E-state index contributed by atoms with van der Waals surface area (Å²) >= 11 is 3.31. The summed E-state index contributed by atoms with van der Waals surface area (Å²) in [6.45, 7) is 4.38. The summed E-state index contributed by atoms with van der Waals surface area (Å²) in [5.74, 6) is -0.379. The smallest absolute Gasteiger partial charge is 0.243 e. The second-order valence-corrected chi connectivity index (χ2v) is 10.0. The van der Waals surface area contributed by atoms with Crippen molar-refractivity contribution in [3.8, 4) is 0 Å². The molecule has 1 unspecified atom stereocenters. The lowest BCUT2D eigenvalue weighted by atomic mass is 10.1. The SMILES string of the molecule is Cc1cccc(NC(=O)CN(CC2CCCO2)S(=O)(=O)c2cccc(Br)c2)c1C. The normalized spacial score (nSPS) is 16.9. The van der Waals surface area contributed by atoms with E-state index in [2.05, 4.69) is 21.2 Å². The molecular formula is C21H25BrN2O4S. The molecule has 0 aromatic heterocycles. The van der Waals surface area contributed by atoms with Crippen molar-refractivity contribution in [2.75, 3.05) is 25.0 Å². The first-order chi connectivity index (χ1) is 13.8. The predicted octanol–water partition coefficient (Wildman–Crippen LogP) is 3.87. The molecule has 29 heavy (non-hydrogen) atoms. The third-order valence-corrected chi connectivity index (χ3v) is 7.36. The number of anilines is 1. The Kier molecular flexibility index (Phi) is 7.10. The lowest BCUT2D eigenvalue weighted by Gasteiger charge is -2.24. The molecule has 2 aromatic carbocycles. The fourth-order valence-electron chi connectivity index (χ4n) is 3.28. The van der Waals surface area contributed by atoms with Gasteiger partial charge >= 0.3 is 0 Å². The van der Waals surface area contributed by atoms with Crippen LogP contribution in [-0.4, -0.2) is 44.4 Å². The van der Waals surface area contributed by atoms with E-state index in [1.165, 1.54) is 10.4 Å². The van der Waals surface area contributed by atoms with E-state index in [1.807, 2.05) is 32.0 Å². The average Bonchev–Trinajstić information content (AvgIpc) is 3.18. The van der Waals surface area contributed by atoms with Gasteiger partial charge in [-0.3, -0.25) is 4.79 Å². The molecule has 2 aromatic rings. The van der Waals surface area contributed by atoms with Crippen molar-refractivity contribution in [2.45, 2.75) is 37.7 Å². The van der Waals surface area contributed by atoms with Crippen LogP contribution in [0.3, 0.4) is 0 Å². The standard InChI is InChI=1S/C21H25BrN2O4S/c1-15-6-3-10-20(16(15)2)23-21(25)14-24(13-18-8-5-11-28-18)29(26,27)19-9-4-7-17(22)12-19/h3-4,6-7,9-10,12,18H,5,8,11,13-14H2,1-2H3,(H,23,25). The molecule has 6 nitrogen and oxygen atoms in total. The van der Waals surface area contributed by atoms with Gasteiger partial charge in [0.25, 0.3) is 0 Å². The number of benzene rings is 2. The molecule has 8 heteroatoms. The molecule has 1 atom stereocenters. The predicted molar refractivity (Wildman–Crippen MR) is 116 cm³/mol. The number of hydrogen-bond acceptors (Lipinski definition) is 4. The molecule has 1 amide bonds. The lowest BCUT2D eigenvalue weighted by Crippen LogP contribution is -2.42. The van der Waals surface area contributed by atoms with Crippen molar-refractivity contribution in [3.05, 3.63) is 58.1 Å². The van der Waals surface area contributed by atoms with E-state index in [-0.39, 0.29) is 30.0 Å². The molecular weight excluding hydrogens is 456 g/mol. The van der Waals surface area contributed by atoms with Crippen LogP contribution in [-0.2, 0) is 19.6 Å². The van der Waals surface area contributed by atoms with Crippen molar-refractivity contribution >= 4 is 37.5 Å². The van der Waals surface area contributed by atoms with Crippen LogP contribution in [0.4, 0.5) is 5.69 Å². The van der Waals surface area contributed by atoms with E-state index in [1.54, 1.807) is 18.2 Å². The van der Waals surface area contributed by atoms with Gasteiger partial charge < -0.3 is 10.1 Å². The van der Waals surface area contributed by atoms with Crippen LogP contribution in [0.15, 0.2) is 51.8 Å². The van der Waals surface area contributed by atoms with Crippen molar-refractivity contribution in [1.82, 2.24) is 4.31 Å². The minimum absolute atomic E-state index is 0.143. The highest BCUT2D eigenvalue weighted by atomic mass is 79.9. The Morgan fingerprint density at radius 3 is 2.69 bits per heavy atom. The van der Waals surface area contributed by atoms with Gasteiger partial charge in [-0.15, -0.1) is 0 Å². The minimum Gasteiger partial charge on any atom is -0.377 e. The Morgan fingerprint density at radius 2 is 2.00 bits per heavy atom. The van der Waals surface area contributed by atoms with E-state index >= 15 is 0 Å². The number of aryl methyl sites for hydroxylation is 1. The molecule has 3 rings (SSSR count). The highest BCUT2D eigenvalue weighted by Gasteiger charge is 2.31. The number of rotatable bonds is 7. The molecule has 1 heterocycles. The number of carbonyl (C=O) groups is 1. The van der Waals surface area contributed by atoms with E-state index < -0.39 is 10.0 Å². The highest BCUT2D eigenvalue weighted by molar-refractivity contribution is 9.10. The Hall–Kier alpha value is -1.74. The number of amides is 1. The summed E-state index contributed by atoms with van der Waals surface area (Å²) in [6.07, 6.45) is 1.47. The molecule has 0 bridgehead atoms. The van der Waals surface area contributed by atoms with E-state index in [0.717, 1.165) is 24.0 Å². The number of hydrogen-bond donors (Lipinski definition) is 1. The molecule has 156 valence electrons. The molecule has 0 radical (unpaired) electrons. The van der Waals surface area contributed by atoms with Crippen molar-refractivity contribution in [3.63, 3.8) is 0 Å². The van der Waals surface area contributed by atoms with Crippen molar-refractivity contribution < 1.29 is 17.9 Å². The number of nitrogens with zero attached hydrogens (tertiary/aromatic N) is 1. The number of sulfonamides is 1. The van der Waals surface area contributed by atoms with E-state index in [9.17, 15) is 13.2 Å². The molecule has 1 aliphatic rings. The first kappa shape index (κ1) is 22.0. The van der Waals surface area contributed by atoms with Crippen LogP contribution in [0.1, 0.15) is 24.0 Å². The zero-order valence-electron chi connectivity index (χ0n) is 16.5. The third kappa shape index (κ3) is 5.45. The quantitative estimate of drug-likeness (QED) is 0.652. The molecule has 0 aliphatic carbocycles. The first-order valence-electron chi connectivity index (χ1n) is 9.51. The Bertz CT molecular complexity index is 988. The van der Waals surface area contributed by atoms with Crippen LogP contribution in [0.5, 0.6) is 0 Å². The summed E-state index contributed by atoms with van der Waals surface area (Å²) in [6, 6.07) is 12.1. The minimum atomic E-state index is -3.85. The van der Waals surface area contributed by atoms with Crippen molar-refractivity contribution in [1.29, 1.82) is 0 Å². The maximum atomic E-state index is 13.3. The zero-order valence-corrected chi connectivity index (χ0v) is 18.9. The van der Waals surface area contributed by atoms with E-state index in [4.69, 9.17) is 4.74 Å². The summed E-state index contributed by atoms with van der Waals surface area (Å²) in [4.78, 5) is 12.9. The largest absolute Gasteiger partial charge is 0.377 e. The van der Waals surface area contributed by atoms with Crippen LogP contribution in [0.2, 0.25) is 0 Å². The fraction of sp³-hybridized carbons (Fsp3) is 0.381. The van der Waals surface area contributed by atoms with Gasteiger partial charge in [0, 0.05) is 23.3 Å². The zero-order chi connectivity index (χ0) is 21.0. The van der Waals surface area contributed by atoms with Gasteiger partial charge in [0.15, 0.2) is 0 Å². The van der Waals surface area contributed by atoms with Crippen LogP contribution >= 0.6 is 15.9 Å². The molecule has 0 saturated carbocycles. The Labute approximate surface area is 180 Å². The summed E-state index contributed by atoms with van der Waals surface area (Å²) in [7, 11) is -3.85. The second-order valence-electron chi connectivity index (χ2n) is 7.19. The second kappa shape index (κ2) is 9.38. The molecule has 1 aliphatic heterocycles. The first-order valence-corrected chi connectivity index (χ1v) is 11.7. The number of carbonyl (C=O) groups excluding carboxylic acids is 1.